The average molecular weight is 471 g/mol. The molecule has 1 fully saturated rings. The first-order valence-electron chi connectivity index (χ1n) is 10.2. The molecule has 3 N–H and O–H groups in total. The van der Waals surface area contributed by atoms with E-state index in [2.05, 4.69) is 20.9 Å². The molecule has 2 heterocycles. The second-order valence-electron chi connectivity index (χ2n) is 7.93. The van der Waals surface area contributed by atoms with E-state index in [-0.39, 0.29) is 17.9 Å². The smallest absolute Gasteiger partial charge is 0.349 e. The van der Waals surface area contributed by atoms with Gasteiger partial charge in [0.15, 0.2) is 5.54 Å². The first-order valence-corrected chi connectivity index (χ1v) is 10.2. The van der Waals surface area contributed by atoms with Gasteiger partial charge >= 0.3 is 12.2 Å². The summed E-state index contributed by atoms with van der Waals surface area (Å²) in [4.78, 5) is 41.9. The summed E-state index contributed by atoms with van der Waals surface area (Å²) in [7, 11) is 1.65. The van der Waals surface area contributed by atoms with E-state index in [0.717, 1.165) is 12.1 Å². The number of nitrogens with one attached hydrogen (secondary N) is 3. The van der Waals surface area contributed by atoms with Gasteiger partial charge in [0.25, 0.3) is 11.8 Å². The fourth-order valence-corrected chi connectivity index (χ4v) is 4.00. The van der Waals surface area contributed by atoms with Gasteiger partial charge in [-0.3, -0.25) is 14.9 Å². The summed E-state index contributed by atoms with van der Waals surface area (Å²) >= 11 is 0. The third kappa shape index (κ3) is 4.00. The summed E-state index contributed by atoms with van der Waals surface area (Å²) in [5.74, 6) is -1.01. The Bertz CT molecular complexity index is 1280. The third-order valence-electron chi connectivity index (χ3n) is 5.68. The van der Waals surface area contributed by atoms with Crippen LogP contribution in [-0.4, -0.2) is 33.9 Å². The van der Waals surface area contributed by atoms with Gasteiger partial charge in [0.2, 0.25) is 0 Å². The van der Waals surface area contributed by atoms with Crippen LogP contribution in [0.1, 0.15) is 27.3 Å². The molecule has 0 radical (unpaired) electrons. The van der Waals surface area contributed by atoms with E-state index in [1.54, 1.807) is 36.9 Å². The van der Waals surface area contributed by atoms with E-state index in [9.17, 15) is 27.6 Å². The Hall–Kier alpha value is -4.15. The van der Waals surface area contributed by atoms with Crippen LogP contribution in [0.25, 0.3) is 11.1 Å². The SMILES string of the molecule is Cc1cccc(C(=O)NCC2(c3nccn3C)NC(=O)NC2=O)c1-c1ccc(C(F)(F)F)cc1. The summed E-state index contributed by atoms with van der Waals surface area (Å²) in [6, 6.07) is 8.74. The number of amides is 4. The van der Waals surface area contributed by atoms with Crippen molar-refractivity contribution in [2.24, 2.45) is 7.05 Å². The molecule has 4 rings (SSSR count). The van der Waals surface area contributed by atoms with Crippen LogP contribution >= 0.6 is 0 Å². The van der Waals surface area contributed by atoms with Crippen molar-refractivity contribution in [1.82, 2.24) is 25.5 Å². The number of nitrogens with zero attached hydrogens (tertiary/aromatic N) is 2. The zero-order valence-corrected chi connectivity index (χ0v) is 18.2. The molecule has 1 saturated heterocycles. The standard InChI is InChI=1S/C23H20F3N5O3/c1-13-4-3-5-16(17(13)14-6-8-15(9-7-14)23(24,25)26)18(32)28-12-22(19-27-10-11-31(19)2)20(33)29-21(34)30-22/h3-11H,12H2,1-2H3,(H,28,32)(H2,29,30,33,34). The Kier molecular flexibility index (Phi) is 5.64. The molecule has 1 aliphatic heterocycles. The number of rotatable bonds is 5. The van der Waals surface area contributed by atoms with Gasteiger partial charge in [-0.05, 0) is 41.8 Å². The minimum absolute atomic E-state index is 0.208. The van der Waals surface area contributed by atoms with Crippen molar-refractivity contribution in [3.05, 3.63) is 77.4 Å². The summed E-state index contributed by atoms with van der Waals surface area (Å²) in [5.41, 5.74) is -0.640. The normalized spacial score (nSPS) is 17.9. The molecule has 11 heteroatoms. The van der Waals surface area contributed by atoms with Gasteiger partial charge < -0.3 is 15.2 Å². The lowest BCUT2D eigenvalue weighted by Gasteiger charge is -2.26. The molecule has 1 aromatic heterocycles. The largest absolute Gasteiger partial charge is 0.416 e. The van der Waals surface area contributed by atoms with Crippen molar-refractivity contribution < 1.29 is 27.6 Å². The average Bonchev–Trinajstić information content (AvgIpc) is 3.33. The molecule has 1 unspecified atom stereocenters. The number of imide groups is 1. The number of benzene rings is 2. The fourth-order valence-electron chi connectivity index (χ4n) is 4.00. The minimum atomic E-state index is -4.48. The molecular weight excluding hydrogens is 451 g/mol. The molecule has 0 bridgehead atoms. The van der Waals surface area contributed by atoms with Crippen LogP contribution in [0, 0.1) is 6.92 Å². The van der Waals surface area contributed by atoms with Gasteiger partial charge in [-0.25, -0.2) is 9.78 Å². The molecule has 1 atom stereocenters. The predicted molar refractivity (Wildman–Crippen MR) is 116 cm³/mol. The molecule has 34 heavy (non-hydrogen) atoms. The summed E-state index contributed by atoms with van der Waals surface area (Å²) in [6.07, 6.45) is -1.42. The van der Waals surface area contributed by atoms with Crippen LogP contribution in [-0.2, 0) is 23.6 Å². The highest BCUT2D eigenvalue weighted by Crippen LogP contribution is 2.33. The van der Waals surface area contributed by atoms with Crippen molar-refractivity contribution in [3.8, 4) is 11.1 Å². The van der Waals surface area contributed by atoms with E-state index in [1.807, 2.05) is 0 Å². The van der Waals surface area contributed by atoms with Crippen LogP contribution < -0.4 is 16.0 Å². The monoisotopic (exact) mass is 471 g/mol. The van der Waals surface area contributed by atoms with Gasteiger partial charge in [0.1, 0.15) is 5.82 Å². The van der Waals surface area contributed by atoms with E-state index in [1.165, 1.54) is 24.4 Å². The van der Waals surface area contributed by atoms with Crippen LogP contribution in [0.4, 0.5) is 18.0 Å². The van der Waals surface area contributed by atoms with Crippen molar-refractivity contribution in [2.45, 2.75) is 18.6 Å². The molecule has 176 valence electrons. The van der Waals surface area contributed by atoms with Crippen molar-refractivity contribution in [3.63, 3.8) is 0 Å². The number of urea groups is 1. The van der Waals surface area contributed by atoms with Gasteiger partial charge in [-0.1, -0.05) is 24.3 Å². The highest BCUT2D eigenvalue weighted by atomic mass is 19.4. The molecule has 1 aliphatic rings. The van der Waals surface area contributed by atoms with E-state index in [4.69, 9.17) is 0 Å². The number of carbonyl (C=O) groups excluding carboxylic acids is 3. The predicted octanol–water partition coefficient (Wildman–Crippen LogP) is 2.88. The number of carbonyl (C=O) groups is 3. The Morgan fingerprint density at radius 3 is 2.41 bits per heavy atom. The van der Waals surface area contributed by atoms with Gasteiger partial charge in [0, 0.05) is 25.0 Å². The zero-order chi connectivity index (χ0) is 24.7. The van der Waals surface area contributed by atoms with Crippen molar-refractivity contribution in [2.75, 3.05) is 6.54 Å². The number of hydrogen-bond donors (Lipinski definition) is 3. The molecule has 0 spiro atoms. The van der Waals surface area contributed by atoms with Crippen molar-refractivity contribution >= 4 is 17.8 Å². The molecule has 2 aromatic carbocycles. The Labute approximate surface area is 192 Å². The van der Waals surface area contributed by atoms with Gasteiger partial charge in [-0.15, -0.1) is 0 Å². The highest BCUT2D eigenvalue weighted by molar-refractivity contribution is 6.08. The number of imidazole rings is 1. The second-order valence-corrected chi connectivity index (χ2v) is 7.93. The molecule has 0 saturated carbocycles. The maximum Gasteiger partial charge on any atom is 0.416 e. The molecular formula is C23H20F3N5O3. The lowest BCUT2D eigenvalue weighted by molar-refractivity contribution is -0.137. The fraction of sp³-hybridized carbons (Fsp3) is 0.217. The third-order valence-corrected chi connectivity index (χ3v) is 5.68. The summed E-state index contributed by atoms with van der Waals surface area (Å²) in [5, 5.41) is 7.38. The number of hydrogen-bond acceptors (Lipinski definition) is 4. The van der Waals surface area contributed by atoms with Gasteiger partial charge in [-0.2, -0.15) is 13.2 Å². The quantitative estimate of drug-likeness (QED) is 0.498. The molecule has 8 nitrogen and oxygen atoms in total. The molecule has 4 amide bonds. The Morgan fingerprint density at radius 2 is 1.85 bits per heavy atom. The highest BCUT2D eigenvalue weighted by Gasteiger charge is 2.50. The molecule has 0 aliphatic carbocycles. The maximum absolute atomic E-state index is 13.2. The van der Waals surface area contributed by atoms with Crippen LogP contribution in [0.2, 0.25) is 0 Å². The number of halogens is 3. The second kappa shape index (κ2) is 8.32. The van der Waals surface area contributed by atoms with E-state index < -0.39 is 35.1 Å². The number of aryl methyl sites for hydroxylation is 2. The summed E-state index contributed by atoms with van der Waals surface area (Å²) in [6.45, 7) is 1.44. The van der Waals surface area contributed by atoms with Crippen LogP contribution in [0.3, 0.4) is 0 Å². The van der Waals surface area contributed by atoms with Gasteiger partial charge in [0.05, 0.1) is 12.1 Å². The first-order chi connectivity index (χ1) is 16.0. The van der Waals surface area contributed by atoms with E-state index >= 15 is 0 Å². The van der Waals surface area contributed by atoms with E-state index in [0.29, 0.717) is 16.7 Å². The van der Waals surface area contributed by atoms with Crippen LogP contribution in [0.5, 0.6) is 0 Å². The Morgan fingerprint density at radius 1 is 1.15 bits per heavy atom. The van der Waals surface area contributed by atoms with Crippen molar-refractivity contribution in [1.29, 1.82) is 0 Å². The number of aromatic nitrogens is 2. The zero-order valence-electron chi connectivity index (χ0n) is 18.2. The topological polar surface area (TPSA) is 105 Å². The Balaban J connectivity index is 1.66. The lowest BCUT2D eigenvalue weighted by atomic mass is 9.93. The molecule has 3 aromatic rings. The first kappa shape index (κ1) is 23.0. The number of alkyl halides is 3. The minimum Gasteiger partial charge on any atom is -0.349 e. The lowest BCUT2D eigenvalue weighted by Crippen LogP contribution is -2.54. The maximum atomic E-state index is 13.2. The summed E-state index contributed by atoms with van der Waals surface area (Å²) < 4.78 is 40.4. The van der Waals surface area contributed by atoms with Crippen LogP contribution in [0.15, 0.2) is 54.9 Å².